The topological polar surface area (TPSA) is 70.4 Å². The van der Waals surface area contributed by atoms with Gasteiger partial charge in [-0.1, -0.05) is 6.07 Å². The molecule has 0 atom stereocenters. The number of amides is 1. The average Bonchev–Trinajstić information content (AvgIpc) is 2.44. The summed E-state index contributed by atoms with van der Waals surface area (Å²) < 4.78 is 5.03. The van der Waals surface area contributed by atoms with Crippen LogP contribution in [0.15, 0.2) is 24.3 Å². The van der Waals surface area contributed by atoms with Gasteiger partial charge in [-0.05, 0) is 45.9 Å². The van der Waals surface area contributed by atoms with E-state index in [4.69, 9.17) is 10.00 Å². The van der Waals surface area contributed by atoms with Crippen molar-refractivity contribution in [2.75, 3.05) is 6.61 Å². The van der Waals surface area contributed by atoms with Crippen molar-refractivity contribution in [2.24, 2.45) is 0 Å². The quantitative estimate of drug-likeness (QED) is 0.780. The molecule has 0 radical (unpaired) electrons. The number of hydrogen-bond donors (Lipinski definition) is 0. The largest absolute Gasteiger partial charge is 0.452 e. The van der Waals surface area contributed by atoms with Crippen molar-refractivity contribution < 1.29 is 14.3 Å². The molecule has 0 aliphatic rings. The molecule has 0 saturated heterocycles. The third-order valence-electron chi connectivity index (χ3n) is 2.95. The van der Waals surface area contributed by atoms with Gasteiger partial charge in [-0.3, -0.25) is 4.79 Å². The van der Waals surface area contributed by atoms with Gasteiger partial charge in [0.2, 0.25) is 0 Å². The maximum atomic E-state index is 12.1. The smallest absolute Gasteiger partial charge is 0.338 e. The number of nitrogens with zero attached hydrogens (tertiary/aromatic N) is 2. The summed E-state index contributed by atoms with van der Waals surface area (Å²) in [5.74, 6) is -0.835. The van der Waals surface area contributed by atoms with Gasteiger partial charge in [-0.2, -0.15) is 5.26 Å². The second-order valence-corrected chi connectivity index (χ2v) is 5.26. The van der Waals surface area contributed by atoms with E-state index in [1.54, 1.807) is 23.1 Å². The molecule has 1 aromatic rings. The Morgan fingerprint density at radius 3 is 2.38 bits per heavy atom. The minimum Gasteiger partial charge on any atom is -0.452 e. The van der Waals surface area contributed by atoms with Crippen LogP contribution in [0.1, 0.15) is 43.6 Å². The Bertz CT molecular complexity index is 551. The van der Waals surface area contributed by atoms with Gasteiger partial charge >= 0.3 is 5.97 Å². The molecule has 0 unspecified atom stereocenters. The van der Waals surface area contributed by atoms with Crippen LogP contribution in [-0.4, -0.2) is 35.5 Å². The third kappa shape index (κ3) is 4.60. The Kier molecular flexibility index (Phi) is 5.92. The molecular formula is C16H20N2O3. The molecule has 5 nitrogen and oxygen atoms in total. The third-order valence-corrected chi connectivity index (χ3v) is 2.95. The molecule has 0 aliphatic carbocycles. The summed E-state index contributed by atoms with van der Waals surface area (Å²) in [4.78, 5) is 25.6. The minimum atomic E-state index is -0.604. The normalized spacial score (nSPS) is 10.3. The predicted octanol–water partition coefficient (Wildman–Crippen LogP) is 2.36. The summed E-state index contributed by atoms with van der Waals surface area (Å²) in [6.07, 6.45) is 0. The summed E-state index contributed by atoms with van der Waals surface area (Å²) in [5.41, 5.74) is 0.643. The van der Waals surface area contributed by atoms with Crippen LogP contribution in [0.2, 0.25) is 0 Å². The number of hydrogen-bond acceptors (Lipinski definition) is 4. The zero-order valence-electron chi connectivity index (χ0n) is 12.8. The molecule has 0 fully saturated rings. The summed E-state index contributed by atoms with van der Waals surface area (Å²) in [7, 11) is 0. The monoisotopic (exact) mass is 288 g/mol. The first-order valence-corrected chi connectivity index (χ1v) is 6.85. The molecule has 0 N–H and O–H groups in total. The van der Waals surface area contributed by atoms with Crippen molar-refractivity contribution in [3.63, 3.8) is 0 Å². The Morgan fingerprint density at radius 2 is 1.86 bits per heavy atom. The molecule has 0 heterocycles. The van der Waals surface area contributed by atoms with Crippen LogP contribution in [0, 0.1) is 11.3 Å². The molecule has 0 saturated carbocycles. The average molecular weight is 288 g/mol. The van der Waals surface area contributed by atoms with Crippen LogP contribution < -0.4 is 0 Å². The van der Waals surface area contributed by atoms with E-state index in [2.05, 4.69) is 0 Å². The Hall–Kier alpha value is -2.35. The first-order valence-electron chi connectivity index (χ1n) is 6.85. The predicted molar refractivity (Wildman–Crippen MR) is 78.6 cm³/mol. The summed E-state index contributed by atoms with van der Waals surface area (Å²) in [6.45, 7) is 7.35. The maximum Gasteiger partial charge on any atom is 0.338 e. The summed E-state index contributed by atoms with van der Waals surface area (Å²) in [6, 6.07) is 8.23. The van der Waals surface area contributed by atoms with Crippen molar-refractivity contribution >= 4 is 11.9 Å². The number of nitriles is 1. The Balaban J connectivity index is 2.68. The van der Waals surface area contributed by atoms with Crippen molar-refractivity contribution in [3.8, 4) is 6.07 Å². The summed E-state index contributed by atoms with van der Waals surface area (Å²) >= 11 is 0. The lowest BCUT2D eigenvalue weighted by Gasteiger charge is -2.30. The Morgan fingerprint density at radius 1 is 1.24 bits per heavy atom. The van der Waals surface area contributed by atoms with Crippen molar-refractivity contribution in [1.82, 2.24) is 4.90 Å². The molecular weight excluding hydrogens is 268 g/mol. The molecule has 0 bridgehead atoms. The van der Waals surface area contributed by atoms with E-state index < -0.39 is 5.97 Å². The van der Waals surface area contributed by atoms with E-state index in [-0.39, 0.29) is 30.2 Å². The van der Waals surface area contributed by atoms with E-state index in [1.165, 1.54) is 6.07 Å². The molecule has 1 aromatic carbocycles. The SMILES string of the molecule is CC(C)N(C(=O)COC(=O)c1cccc(C#N)c1)C(C)C. The van der Waals surface area contributed by atoms with Crippen LogP contribution in [0.3, 0.4) is 0 Å². The van der Waals surface area contributed by atoms with Gasteiger partial charge in [0.15, 0.2) is 6.61 Å². The van der Waals surface area contributed by atoms with Crippen molar-refractivity contribution in [3.05, 3.63) is 35.4 Å². The lowest BCUT2D eigenvalue weighted by atomic mass is 10.1. The number of carbonyl (C=O) groups excluding carboxylic acids is 2. The second-order valence-electron chi connectivity index (χ2n) is 5.26. The zero-order valence-corrected chi connectivity index (χ0v) is 12.8. The fourth-order valence-electron chi connectivity index (χ4n) is 2.17. The van der Waals surface area contributed by atoms with Crippen molar-refractivity contribution in [2.45, 2.75) is 39.8 Å². The van der Waals surface area contributed by atoms with E-state index in [9.17, 15) is 9.59 Å². The number of benzene rings is 1. The molecule has 5 heteroatoms. The number of esters is 1. The van der Waals surface area contributed by atoms with Crippen LogP contribution in [0.4, 0.5) is 0 Å². The highest BCUT2D eigenvalue weighted by Gasteiger charge is 2.21. The van der Waals surface area contributed by atoms with Crippen LogP contribution >= 0.6 is 0 Å². The van der Waals surface area contributed by atoms with E-state index in [0.717, 1.165) is 0 Å². The molecule has 1 amide bonds. The first kappa shape index (κ1) is 16.7. The Labute approximate surface area is 125 Å². The van der Waals surface area contributed by atoms with E-state index in [0.29, 0.717) is 5.56 Å². The number of carbonyl (C=O) groups is 2. The second kappa shape index (κ2) is 7.44. The zero-order chi connectivity index (χ0) is 16.0. The number of ether oxygens (including phenoxy) is 1. The lowest BCUT2D eigenvalue weighted by Crippen LogP contribution is -2.44. The van der Waals surface area contributed by atoms with Gasteiger partial charge < -0.3 is 9.64 Å². The molecule has 1 rings (SSSR count). The van der Waals surface area contributed by atoms with Crippen LogP contribution in [0.25, 0.3) is 0 Å². The standard InChI is InChI=1S/C16H20N2O3/c1-11(2)18(12(3)4)15(19)10-21-16(20)14-7-5-6-13(8-14)9-17/h5-8,11-12H,10H2,1-4H3. The van der Waals surface area contributed by atoms with Gasteiger partial charge in [0, 0.05) is 12.1 Å². The van der Waals surface area contributed by atoms with Crippen LogP contribution in [-0.2, 0) is 9.53 Å². The highest BCUT2D eigenvalue weighted by molar-refractivity contribution is 5.91. The highest BCUT2D eigenvalue weighted by atomic mass is 16.5. The highest BCUT2D eigenvalue weighted by Crippen LogP contribution is 2.08. The summed E-state index contributed by atoms with van der Waals surface area (Å²) in [5, 5.41) is 8.79. The fraction of sp³-hybridized carbons (Fsp3) is 0.438. The fourth-order valence-corrected chi connectivity index (χ4v) is 2.17. The lowest BCUT2D eigenvalue weighted by molar-refractivity contribution is -0.138. The van der Waals surface area contributed by atoms with Gasteiger partial charge in [0.1, 0.15) is 0 Å². The van der Waals surface area contributed by atoms with Gasteiger partial charge in [-0.25, -0.2) is 4.79 Å². The first-order chi connectivity index (χ1) is 9.86. The van der Waals surface area contributed by atoms with Crippen molar-refractivity contribution in [1.29, 1.82) is 5.26 Å². The molecule has 112 valence electrons. The van der Waals surface area contributed by atoms with Gasteiger partial charge in [0.05, 0.1) is 17.2 Å². The molecule has 21 heavy (non-hydrogen) atoms. The molecule has 0 spiro atoms. The molecule has 0 aliphatic heterocycles. The molecule has 0 aromatic heterocycles. The van der Waals surface area contributed by atoms with Crippen LogP contribution in [0.5, 0.6) is 0 Å². The number of rotatable bonds is 5. The van der Waals surface area contributed by atoms with E-state index >= 15 is 0 Å². The maximum absolute atomic E-state index is 12.1. The van der Waals surface area contributed by atoms with E-state index in [1.807, 2.05) is 33.8 Å². The minimum absolute atomic E-state index is 0.0399. The van der Waals surface area contributed by atoms with Gasteiger partial charge in [-0.15, -0.1) is 0 Å². The van der Waals surface area contributed by atoms with Gasteiger partial charge in [0.25, 0.3) is 5.91 Å².